The van der Waals surface area contributed by atoms with Crippen LogP contribution in [0.25, 0.3) is 11.3 Å². The van der Waals surface area contributed by atoms with Crippen molar-refractivity contribution in [1.82, 2.24) is 20.0 Å². The first-order valence-electron chi connectivity index (χ1n) is 7.67. The van der Waals surface area contributed by atoms with Crippen LogP contribution in [0.1, 0.15) is 23.2 Å². The summed E-state index contributed by atoms with van der Waals surface area (Å²) in [6, 6.07) is 8.83. The Bertz CT molecular complexity index is 797. The predicted molar refractivity (Wildman–Crippen MR) is 86.9 cm³/mol. The van der Waals surface area contributed by atoms with E-state index in [4.69, 9.17) is 0 Å². The van der Waals surface area contributed by atoms with E-state index in [2.05, 4.69) is 10.4 Å². The molecule has 1 aromatic heterocycles. The lowest BCUT2D eigenvalue weighted by Gasteiger charge is -2.29. The Balaban J connectivity index is 1.91. The molecule has 1 aliphatic heterocycles. The second kappa shape index (κ2) is 6.27. The van der Waals surface area contributed by atoms with Gasteiger partial charge in [-0.25, -0.2) is 0 Å². The Morgan fingerprint density at radius 2 is 2.00 bits per heavy atom. The molecule has 1 unspecified atom stereocenters. The van der Waals surface area contributed by atoms with Crippen molar-refractivity contribution in [2.75, 3.05) is 7.05 Å². The predicted octanol–water partition coefficient (Wildman–Crippen LogP) is 0.964. The van der Waals surface area contributed by atoms with Crippen LogP contribution in [-0.4, -0.2) is 45.5 Å². The Morgan fingerprint density at radius 3 is 2.67 bits per heavy atom. The number of aryl methyl sites for hydroxylation is 1. The van der Waals surface area contributed by atoms with Gasteiger partial charge < -0.3 is 4.90 Å². The summed E-state index contributed by atoms with van der Waals surface area (Å²) in [7, 11) is 3.34. The SMILES string of the molecule is CN(C(=O)c1cnn(C)c1-c1ccccc1)C1CCC(=O)NC1=O. The van der Waals surface area contributed by atoms with Crippen molar-refractivity contribution in [1.29, 1.82) is 0 Å². The Labute approximate surface area is 139 Å². The molecule has 7 nitrogen and oxygen atoms in total. The minimum Gasteiger partial charge on any atom is -0.330 e. The van der Waals surface area contributed by atoms with Crippen molar-refractivity contribution in [3.63, 3.8) is 0 Å². The zero-order valence-corrected chi connectivity index (χ0v) is 13.5. The van der Waals surface area contributed by atoms with Gasteiger partial charge in [-0.15, -0.1) is 0 Å². The standard InChI is InChI=1S/C17H18N4O3/c1-20(13-8-9-14(22)19-16(13)23)17(24)12-10-18-21(2)15(12)11-6-4-3-5-7-11/h3-7,10,13H,8-9H2,1-2H3,(H,19,22,23). The van der Waals surface area contributed by atoms with Crippen LogP contribution >= 0.6 is 0 Å². The van der Waals surface area contributed by atoms with Gasteiger partial charge in [0.25, 0.3) is 5.91 Å². The van der Waals surface area contributed by atoms with E-state index in [0.717, 1.165) is 5.56 Å². The van der Waals surface area contributed by atoms with E-state index in [-0.39, 0.29) is 18.2 Å². The van der Waals surface area contributed by atoms with Crippen molar-refractivity contribution in [2.24, 2.45) is 7.05 Å². The van der Waals surface area contributed by atoms with Crippen molar-refractivity contribution in [2.45, 2.75) is 18.9 Å². The van der Waals surface area contributed by atoms with E-state index in [1.165, 1.54) is 11.1 Å². The number of aromatic nitrogens is 2. The molecule has 0 saturated carbocycles. The quantitative estimate of drug-likeness (QED) is 0.852. The average Bonchev–Trinajstić information content (AvgIpc) is 2.96. The molecule has 7 heteroatoms. The van der Waals surface area contributed by atoms with Crippen LogP contribution in [0.15, 0.2) is 36.5 Å². The highest BCUT2D eigenvalue weighted by Crippen LogP contribution is 2.25. The summed E-state index contributed by atoms with van der Waals surface area (Å²) in [6.07, 6.45) is 2.06. The smallest absolute Gasteiger partial charge is 0.258 e. The number of nitrogens with zero attached hydrogens (tertiary/aromatic N) is 3. The molecule has 0 spiro atoms. The number of imide groups is 1. The Hall–Kier alpha value is -2.96. The van der Waals surface area contributed by atoms with Gasteiger partial charge in [0, 0.05) is 26.1 Å². The maximum absolute atomic E-state index is 12.9. The summed E-state index contributed by atoms with van der Waals surface area (Å²) in [6.45, 7) is 0. The first kappa shape index (κ1) is 15.9. The summed E-state index contributed by atoms with van der Waals surface area (Å²) in [5.74, 6) is -1.04. The lowest BCUT2D eigenvalue weighted by Crippen LogP contribution is -2.52. The first-order chi connectivity index (χ1) is 11.5. The summed E-state index contributed by atoms with van der Waals surface area (Å²) >= 11 is 0. The highest BCUT2D eigenvalue weighted by molar-refractivity contribution is 6.05. The number of hydrogen-bond acceptors (Lipinski definition) is 4. The number of piperidine rings is 1. The van der Waals surface area contributed by atoms with Crippen LogP contribution in [0.4, 0.5) is 0 Å². The number of benzene rings is 1. The third-order valence-electron chi connectivity index (χ3n) is 4.21. The van der Waals surface area contributed by atoms with Gasteiger partial charge in [-0.3, -0.25) is 24.4 Å². The van der Waals surface area contributed by atoms with Gasteiger partial charge in [0.2, 0.25) is 11.8 Å². The molecule has 3 amide bonds. The normalized spacial score (nSPS) is 17.5. The van der Waals surface area contributed by atoms with Gasteiger partial charge in [-0.2, -0.15) is 5.10 Å². The van der Waals surface area contributed by atoms with Gasteiger partial charge in [0.15, 0.2) is 0 Å². The molecule has 2 aromatic rings. The zero-order chi connectivity index (χ0) is 17.3. The zero-order valence-electron chi connectivity index (χ0n) is 13.5. The van der Waals surface area contributed by atoms with Crippen molar-refractivity contribution < 1.29 is 14.4 Å². The van der Waals surface area contributed by atoms with E-state index < -0.39 is 11.9 Å². The summed E-state index contributed by atoms with van der Waals surface area (Å²) in [5.41, 5.74) is 1.99. The van der Waals surface area contributed by atoms with Gasteiger partial charge in [0.1, 0.15) is 6.04 Å². The topological polar surface area (TPSA) is 84.3 Å². The highest BCUT2D eigenvalue weighted by Gasteiger charge is 2.34. The minimum atomic E-state index is -0.654. The van der Waals surface area contributed by atoms with Crippen LogP contribution in [0.2, 0.25) is 0 Å². The number of likely N-dealkylation sites (N-methyl/N-ethyl adjacent to an activating group) is 1. The summed E-state index contributed by atoms with van der Waals surface area (Å²) in [4.78, 5) is 37.5. The highest BCUT2D eigenvalue weighted by atomic mass is 16.2. The van der Waals surface area contributed by atoms with Crippen LogP contribution < -0.4 is 5.32 Å². The Morgan fingerprint density at radius 1 is 1.29 bits per heavy atom. The number of amides is 3. The lowest BCUT2D eigenvalue weighted by atomic mass is 10.0. The first-order valence-corrected chi connectivity index (χ1v) is 7.67. The van der Waals surface area contributed by atoms with E-state index in [0.29, 0.717) is 17.7 Å². The molecule has 124 valence electrons. The third kappa shape index (κ3) is 2.80. The maximum Gasteiger partial charge on any atom is 0.258 e. The van der Waals surface area contributed by atoms with Crippen molar-refractivity contribution >= 4 is 17.7 Å². The number of nitrogens with one attached hydrogen (secondary N) is 1. The van der Waals surface area contributed by atoms with E-state index in [1.54, 1.807) is 18.8 Å². The van der Waals surface area contributed by atoms with Gasteiger partial charge in [-0.1, -0.05) is 30.3 Å². The average molecular weight is 326 g/mol. The van der Waals surface area contributed by atoms with E-state index in [1.807, 2.05) is 30.3 Å². The van der Waals surface area contributed by atoms with Gasteiger partial charge >= 0.3 is 0 Å². The summed E-state index contributed by atoms with van der Waals surface area (Å²) in [5, 5.41) is 6.46. The van der Waals surface area contributed by atoms with Crippen LogP contribution in [0.5, 0.6) is 0 Å². The molecule has 1 atom stereocenters. The molecule has 3 rings (SSSR count). The molecule has 1 aliphatic rings. The second-order valence-electron chi connectivity index (χ2n) is 5.78. The van der Waals surface area contributed by atoms with E-state index >= 15 is 0 Å². The van der Waals surface area contributed by atoms with Crippen LogP contribution in [-0.2, 0) is 16.6 Å². The second-order valence-corrected chi connectivity index (χ2v) is 5.78. The van der Waals surface area contributed by atoms with Crippen LogP contribution in [0, 0.1) is 0 Å². The molecule has 1 saturated heterocycles. The number of carbonyl (C=O) groups is 3. The summed E-state index contributed by atoms with van der Waals surface area (Å²) < 4.78 is 1.64. The molecule has 24 heavy (non-hydrogen) atoms. The molecule has 2 heterocycles. The van der Waals surface area contributed by atoms with Gasteiger partial charge in [-0.05, 0) is 6.42 Å². The number of carbonyl (C=O) groups excluding carboxylic acids is 3. The molecule has 1 aromatic carbocycles. The number of rotatable bonds is 3. The molecular weight excluding hydrogens is 308 g/mol. The lowest BCUT2D eigenvalue weighted by molar-refractivity contribution is -0.136. The van der Waals surface area contributed by atoms with Gasteiger partial charge in [0.05, 0.1) is 17.5 Å². The largest absolute Gasteiger partial charge is 0.330 e. The van der Waals surface area contributed by atoms with Crippen molar-refractivity contribution in [3.8, 4) is 11.3 Å². The molecular formula is C17H18N4O3. The maximum atomic E-state index is 12.9. The molecule has 1 fully saturated rings. The molecule has 0 radical (unpaired) electrons. The molecule has 0 aliphatic carbocycles. The monoisotopic (exact) mass is 326 g/mol. The molecule has 1 N–H and O–H groups in total. The Kier molecular flexibility index (Phi) is 4.16. The fourth-order valence-corrected chi connectivity index (χ4v) is 2.92. The third-order valence-corrected chi connectivity index (χ3v) is 4.21. The van der Waals surface area contributed by atoms with Crippen molar-refractivity contribution in [3.05, 3.63) is 42.1 Å². The molecule has 0 bridgehead atoms. The fourth-order valence-electron chi connectivity index (χ4n) is 2.92. The minimum absolute atomic E-state index is 0.229. The van der Waals surface area contributed by atoms with E-state index in [9.17, 15) is 14.4 Å². The fraction of sp³-hybridized carbons (Fsp3) is 0.294. The number of hydrogen-bond donors (Lipinski definition) is 1. The van der Waals surface area contributed by atoms with Crippen LogP contribution in [0.3, 0.4) is 0 Å².